The predicted octanol–water partition coefficient (Wildman–Crippen LogP) is 2.35. The second kappa shape index (κ2) is 3.31. The summed E-state index contributed by atoms with van der Waals surface area (Å²) in [6.45, 7) is 0.665. The molecule has 1 fully saturated rings. The molecule has 0 aromatic heterocycles. The quantitative estimate of drug-likeness (QED) is 0.631. The first-order valence-electron chi connectivity index (χ1n) is 3.30. The Balaban J connectivity index is 2.46. The molecule has 2 unspecified atom stereocenters. The molecule has 0 spiro atoms. The van der Waals surface area contributed by atoms with Gasteiger partial charge in [-0.15, -0.1) is 0 Å². The van der Waals surface area contributed by atoms with Crippen LogP contribution in [0.15, 0.2) is 0 Å². The zero-order valence-corrected chi connectivity index (χ0v) is 7.28. The van der Waals surface area contributed by atoms with Crippen molar-refractivity contribution in [2.75, 3.05) is 13.2 Å². The number of rotatable bonds is 1. The van der Waals surface area contributed by atoms with Crippen molar-refractivity contribution in [1.82, 2.24) is 0 Å². The third kappa shape index (κ3) is 2.33. The lowest BCUT2D eigenvalue weighted by atomic mass is 10.1. The molecule has 1 saturated heterocycles. The van der Waals surface area contributed by atoms with Gasteiger partial charge in [0.25, 0.3) is 0 Å². The first-order chi connectivity index (χ1) is 5.02. The molecule has 2 atom stereocenters. The highest BCUT2D eigenvalue weighted by Crippen LogP contribution is 2.35. The maximum atomic E-state index is 12.0. The van der Waals surface area contributed by atoms with E-state index in [1.807, 2.05) is 0 Å². The summed E-state index contributed by atoms with van der Waals surface area (Å²) >= 11 is 2.62. The highest BCUT2D eigenvalue weighted by atomic mass is 79.9. The van der Waals surface area contributed by atoms with Crippen molar-refractivity contribution in [3.05, 3.63) is 0 Å². The highest BCUT2D eigenvalue weighted by Gasteiger charge is 2.43. The fourth-order valence-electron chi connectivity index (χ4n) is 1.05. The van der Waals surface area contributed by atoms with Crippen molar-refractivity contribution in [2.24, 2.45) is 5.92 Å². The Labute approximate surface area is 71.0 Å². The van der Waals surface area contributed by atoms with Crippen molar-refractivity contribution in [1.29, 1.82) is 0 Å². The average Bonchev–Trinajstić information content (AvgIpc) is 2.34. The fraction of sp³-hybridized carbons (Fsp3) is 1.00. The van der Waals surface area contributed by atoms with Crippen LogP contribution in [0.5, 0.6) is 0 Å². The molecular formula is C6H8BrF3O. The summed E-state index contributed by atoms with van der Waals surface area (Å²) in [7, 11) is 0. The number of halogens is 4. The molecule has 0 radical (unpaired) electrons. The Hall–Kier alpha value is 0.230. The third-order valence-corrected chi connectivity index (χ3v) is 2.96. The molecule has 0 amide bonds. The van der Waals surface area contributed by atoms with Gasteiger partial charge in [-0.1, -0.05) is 15.9 Å². The normalized spacial score (nSPS) is 28.9. The van der Waals surface area contributed by atoms with Crippen molar-refractivity contribution < 1.29 is 17.9 Å². The van der Waals surface area contributed by atoms with Crippen LogP contribution in [0.2, 0.25) is 0 Å². The molecule has 0 aromatic rings. The Morgan fingerprint density at radius 2 is 2.09 bits per heavy atom. The van der Waals surface area contributed by atoms with Gasteiger partial charge >= 0.3 is 6.18 Å². The first kappa shape index (κ1) is 9.32. The van der Waals surface area contributed by atoms with Gasteiger partial charge in [0.05, 0.1) is 6.61 Å². The van der Waals surface area contributed by atoms with Gasteiger partial charge in [0.15, 0.2) is 0 Å². The van der Waals surface area contributed by atoms with Gasteiger partial charge < -0.3 is 4.74 Å². The van der Waals surface area contributed by atoms with E-state index in [1.165, 1.54) is 0 Å². The van der Waals surface area contributed by atoms with Gasteiger partial charge in [-0.05, 0) is 6.42 Å². The highest BCUT2D eigenvalue weighted by molar-refractivity contribution is 9.09. The zero-order chi connectivity index (χ0) is 8.48. The summed E-state index contributed by atoms with van der Waals surface area (Å²) in [5.74, 6) is -0.407. The maximum absolute atomic E-state index is 12.0. The SMILES string of the molecule is FC(F)(F)C(Br)C1CCOC1. The van der Waals surface area contributed by atoms with Crippen LogP contribution in [0.4, 0.5) is 13.2 Å². The maximum Gasteiger partial charge on any atom is 0.401 e. The zero-order valence-electron chi connectivity index (χ0n) is 5.70. The van der Waals surface area contributed by atoms with Gasteiger partial charge in [-0.3, -0.25) is 0 Å². The molecule has 1 heterocycles. The Kier molecular flexibility index (Phi) is 2.80. The van der Waals surface area contributed by atoms with E-state index >= 15 is 0 Å². The van der Waals surface area contributed by atoms with Crippen LogP contribution < -0.4 is 0 Å². The monoisotopic (exact) mass is 232 g/mol. The van der Waals surface area contributed by atoms with E-state index in [0.717, 1.165) is 0 Å². The predicted molar refractivity (Wildman–Crippen MR) is 37.7 cm³/mol. The van der Waals surface area contributed by atoms with Gasteiger partial charge in [0.2, 0.25) is 0 Å². The molecule has 1 nitrogen and oxygen atoms in total. The molecule has 0 aliphatic carbocycles. The molecule has 5 heteroatoms. The van der Waals surface area contributed by atoms with Gasteiger partial charge in [0.1, 0.15) is 4.83 Å². The Morgan fingerprint density at radius 3 is 2.45 bits per heavy atom. The van der Waals surface area contributed by atoms with Gasteiger partial charge in [-0.25, -0.2) is 0 Å². The number of hydrogen-bond donors (Lipinski definition) is 0. The summed E-state index contributed by atoms with van der Waals surface area (Å²) < 4.78 is 40.8. The molecule has 11 heavy (non-hydrogen) atoms. The number of ether oxygens (including phenoxy) is 1. The van der Waals surface area contributed by atoms with E-state index in [2.05, 4.69) is 15.9 Å². The second-order valence-electron chi connectivity index (χ2n) is 2.57. The summed E-state index contributed by atoms with van der Waals surface area (Å²) in [5.41, 5.74) is 0. The average molecular weight is 233 g/mol. The van der Waals surface area contributed by atoms with Crippen molar-refractivity contribution in [3.63, 3.8) is 0 Å². The molecular weight excluding hydrogens is 225 g/mol. The van der Waals surface area contributed by atoms with Gasteiger partial charge in [0, 0.05) is 12.5 Å². The Bertz CT molecular complexity index is 130. The van der Waals surface area contributed by atoms with Crippen LogP contribution >= 0.6 is 15.9 Å². The van der Waals surface area contributed by atoms with Crippen LogP contribution in [-0.2, 0) is 4.74 Å². The Morgan fingerprint density at radius 1 is 1.45 bits per heavy atom. The van der Waals surface area contributed by atoms with E-state index in [0.29, 0.717) is 13.0 Å². The lowest BCUT2D eigenvalue weighted by molar-refractivity contribution is -0.136. The molecule has 66 valence electrons. The molecule has 0 bridgehead atoms. The molecule has 0 aromatic carbocycles. The van der Waals surface area contributed by atoms with Crippen molar-refractivity contribution >= 4 is 15.9 Å². The number of alkyl halides is 4. The molecule has 1 rings (SSSR count). The third-order valence-electron chi connectivity index (χ3n) is 1.69. The van der Waals surface area contributed by atoms with Gasteiger partial charge in [-0.2, -0.15) is 13.2 Å². The standard InChI is InChI=1S/C6H8BrF3O/c7-5(6(8,9)10)4-1-2-11-3-4/h4-5H,1-3H2. The second-order valence-corrected chi connectivity index (χ2v) is 3.55. The van der Waals surface area contributed by atoms with Crippen LogP contribution in [0.3, 0.4) is 0 Å². The van der Waals surface area contributed by atoms with Crippen molar-refractivity contribution in [3.8, 4) is 0 Å². The van der Waals surface area contributed by atoms with E-state index in [1.54, 1.807) is 0 Å². The summed E-state index contributed by atoms with van der Waals surface area (Å²) in [5, 5.41) is 0. The topological polar surface area (TPSA) is 9.23 Å². The largest absolute Gasteiger partial charge is 0.401 e. The smallest absolute Gasteiger partial charge is 0.381 e. The summed E-state index contributed by atoms with van der Waals surface area (Å²) in [6, 6.07) is 0. The summed E-state index contributed by atoms with van der Waals surface area (Å²) in [4.78, 5) is -1.41. The molecule has 0 saturated carbocycles. The lowest BCUT2D eigenvalue weighted by Crippen LogP contribution is -2.30. The summed E-state index contributed by atoms with van der Waals surface area (Å²) in [6.07, 6.45) is -3.65. The minimum atomic E-state index is -4.14. The molecule has 0 N–H and O–H groups in total. The number of hydrogen-bond acceptors (Lipinski definition) is 1. The van der Waals surface area contributed by atoms with E-state index in [9.17, 15) is 13.2 Å². The molecule has 1 aliphatic heterocycles. The van der Waals surface area contributed by atoms with E-state index < -0.39 is 16.9 Å². The minimum Gasteiger partial charge on any atom is -0.381 e. The lowest BCUT2D eigenvalue weighted by Gasteiger charge is -2.18. The first-order valence-corrected chi connectivity index (χ1v) is 4.22. The van der Waals surface area contributed by atoms with Crippen LogP contribution in [0, 0.1) is 5.92 Å². The van der Waals surface area contributed by atoms with E-state index in [-0.39, 0.29) is 6.61 Å². The van der Waals surface area contributed by atoms with E-state index in [4.69, 9.17) is 4.74 Å². The molecule has 1 aliphatic rings. The van der Waals surface area contributed by atoms with Crippen molar-refractivity contribution in [2.45, 2.75) is 17.4 Å². The minimum absolute atomic E-state index is 0.218. The van der Waals surface area contributed by atoms with Crippen LogP contribution in [0.25, 0.3) is 0 Å². The van der Waals surface area contributed by atoms with Crippen LogP contribution in [-0.4, -0.2) is 24.2 Å². The van der Waals surface area contributed by atoms with Crippen LogP contribution in [0.1, 0.15) is 6.42 Å². The fourth-order valence-corrected chi connectivity index (χ4v) is 1.47.